The molecule has 8 nitrogen and oxygen atoms in total. The van der Waals surface area contributed by atoms with Crippen LogP contribution in [0.2, 0.25) is 0 Å². The minimum atomic E-state index is -0.324. The molecule has 0 aliphatic heterocycles. The topological polar surface area (TPSA) is 94.2 Å². The first kappa shape index (κ1) is 23.2. The number of fused-ring (bicyclic) bond motifs is 1. The minimum absolute atomic E-state index is 0.0807. The molecule has 0 radical (unpaired) electrons. The molecule has 2 amide bonds. The molecule has 0 aliphatic rings. The van der Waals surface area contributed by atoms with Crippen molar-refractivity contribution in [2.24, 2.45) is 0 Å². The highest BCUT2D eigenvalue weighted by Gasteiger charge is 2.22. The third-order valence-electron chi connectivity index (χ3n) is 4.97. The van der Waals surface area contributed by atoms with Crippen LogP contribution in [-0.2, 0) is 16.0 Å². The highest BCUT2D eigenvalue weighted by molar-refractivity contribution is 8.01. The Kier molecular flexibility index (Phi) is 8.05. The van der Waals surface area contributed by atoms with E-state index in [9.17, 15) is 9.59 Å². The largest absolute Gasteiger partial charge is 0.348 e. The number of nitrogens with one attached hydrogen (secondary N) is 2. The molecule has 1 aromatic carbocycles. The lowest BCUT2D eigenvalue weighted by Gasteiger charge is -2.22. The second kappa shape index (κ2) is 10.7. The van der Waals surface area contributed by atoms with Gasteiger partial charge < -0.3 is 15.2 Å². The van der Waals surface area contributed by atoms with E-state index in [0.29, 0.717) is 25.3 Å². The van der Waals surface area contributed by atoms with E-state index in [1.807, 2.05) is 55.9 Å². The van der Waals surface area contributed by atoms with Gasteiger partial charge in [0.1, 0.15) is 0 Å². The number of benzene rings is 1. The third-order valence-corrected chi connectivity index (χ3v) is 7.11. The first-order chi connectivity index (χ1) is 14.9. The molecule has 2 heterocycles. The number of aromatic nitrogens is 3. The van der Waals surface area contributed by atoms with Crippen molar-refractivity contribution in [3.8, 4) is 0 Å². The number of likely N-dealkylation sites (N-methyl/N-ethyl adjacent to an activating group) is 1. The van der Waals surface area contributed by atoms with Crippen molar-refractivity contribution in [3.05, 3.63) is 36.4 Å². The summed E-state index contributed by atoms with van der Waals surface area (Å²) in [6, 6.07) is 5.37. The highest BCUT2D eigenvalue weighted by atomic mass is 32.2. The van der Waals surface area contributed by atoms with Crippen LogP contribution in [-0.4, -0.2) is 75.5 Å². The van der Waals surface area contributed by atoms with Crippen molar-refractivity contribution in [1.29, 1.82) is 0 Å². The van der Waals surface area contributed by atoms with E-state index in [0.717, 1.165) is 25.9 Å². The first-order valence-electron chi connectivity index (χ1n) is 10.2. The lowest BCUT2D eigenvalue weighted by atomic mass is 10.1. The fraction of sp³-hybridized carbons (Fsp3) is 0.429. The molecule has 0 aliphatic carbocycles. The Balaban J connectivity index is 1.66. The molecule has 3 aromatic rings. The Morgan fingerprint density at radius 1 is 1.26 bits per heavy atom. The van der Waals surface area contributed by atoms with E-state index >= 15 is 0 Å². The van der Waals surface area contributed by atoms with Crippen LogP contribution in [0.3, 0.4) is 0 Å². The maximum absolute atomic E-state index is 12.9. The number of carbonyl (C=O) groups is 2. The Morgan fingerprint density at radius 2 is 2.03 bits per heavy atom. The number of rotatable bonds is 10. The maximum atomic E-state index is 12.9. The first-order valence-corrected chi connectivity index (χ1v) is 12.0. The molecule has 0 fully saturated rings. The van der Waals surface area contributed by atoms with Gasteiger partial charge in [0.15, 0.2) is 4.34 Å². The molecule has 2 aromatic heterocycles. The van der Waals surface area contributed by atoms with E-state index in [4.69, 9.17) is 0 Å². The molecule has 0 spiro atoms. The van der Waals surface area contributed by atoms with Gasteiger partial charge in [-0.3, -0.25) is 14.5 Å². The van der Waals surface area contributed by atoms with Gasteiger partial charge in [-0.2, -0.15) is 0 Å². The summed E-state index contributed by atoms with van der Waals surface area (Å²) in [6.07, 6.45) is 3.89. The standard InChI is InChI=1S/C21H28N6O2S2/c1-5-27(6-2)19(28)12-30-21-25-16-8-7-14(10-18(16)31-21)24-20(29)17(26(3)4)9-15-11-22-13-23-15/h7-8,10-11,13,17H,5-6,9,12H2,1-4H3,(H,22,23)(H,24,29). The minimum Gasteiger partial charge on any atom is -0.348 e. The number of thiazole rings is 1. The zero-order chi connectivity index (χ0) is 22.4. The molecular weight excluding hydrogens is 432 g/mol. The van der Waals surface area contributed by atoms with Gasteiger partial charge in [0, 0.05) is 37.1 Å². The average Bonchev–Trinajstić information content (AvgIpc) is 3.40. The summed E-state index contributed by atoms with van der Waals surface area (Å²) in [4.78, 5) is 40.5. The summed E-state index contributed by atoms with van der Waals surface area (Å²) in [7, 11) is 3.77. The zero-order valence-electron chi connectivity index (χ0n) is 18.2. The van der Waals surface area contributed by atoms with Gasteiger partial charge in [-0.1, -0.05) is 11.8 Å². The SMILES string of the molecule is CCN(CC)C(=O)CSc1nc2ccc(NC(=O)C(Cc3cnc[nH]3)N(C)C)cc2s1. The van der Waals surface area contributed by atoms with E-state index in [1.54, 1.807) is 12.5 Å². The molecule has 1 atom stereocenters. The molecule has 10 heteroatoms. The van der Waals surface area contributed by atoms with Gasteiger partial charge in [-0.05, 0) is 46.1 Å². The summed E-state index contributed by atoms with van der Waals surface area (Å²) in [5, 5.41) is 3.01. The zero-order valence-corrected chi connectivity index (χ0v) is 19.8. The normalized spacial score (nSPS) is 12.3. The predicted molar refractivity (Wildman–Crippen MR) is 127 cm³/mol. The summed E-state index contributed by atoms with van der Waals surface area (Å²) in [5.74, 6) is 0.417. The van der Waals surface area contributed by atoms with Crippen LogP contribution in [0.4, 0.5) is 5.69 Å². The average molecular weight is 461 g/mol. The van der Waals surface area contributed by atoms with Gasteiger partial charge in [0.25, 0.3) is 0 Å². The smallest absolute Gasteiger partial charge is 0.242 e. The van der Waals surface area contributed by atoms with Crippen molar-refractivity contribution in [1.82, 2.24) is 24.8 Å². The van der Waals surface area contributed by atoms with Crippen LogP contribution < -0.4 is 5.32 Å². The van der Waals surface area contributed by atoms with Gasteiger partial charge in [-0.15, -0.1) is 11.3 Å². The maximum Gasteiger partial charge on any atom is 0.242 e. The number of hydrogen-bond acceptors (Lipinski definition) is 7. The van der Waals surface area contributed by atoms with Gasteiger partial charge >= 0.3 is 0 Å². The van der Waals surface area contributed by atoms with Crippen LogP contribution in [0, 0.1) is 0 Å². The van der Waals surface area contributed by atoms with E-state index in [-0.39, 0.29) is 17.9 Å². The number of H-pyrrole nitrogens is 1. The van der Waals surface area contributed by atoms with Crippen LogP contribution >= 0.6 is 23.1 Å². The molecular formula is C21H28N6O2S2. The highest BCUT2D eigenvalue weighted by Crippen LogP contribution is 2.31. The van der Waals surface area contributed by atoms with Crippen molar-refractivity contribution in [2.45, 2.75) is 30.6 Å². The van der Waals surface area contributed by atoms with Crippen LogP contribution in [0.25, 0.3) is 10.2 Å². The Labute approximate surface area is 190 Å². The lowest BCUT2D eigenvalue weighted by Crippen LogP contribution is -2.41. The van der Waals surface area contributed by atoms with Crippen LogP contribution in [0.1, 0.15) is 19.5 Å². The predicted octanol–water partition coefficient (Wildman–Crippen LogP) is 3.09. The van der Waals surface area contributed by atoms with Gasteiger partial charge in [0.2, 0.25) is 11.8 Å². The van der Waals surface area contributed by atoms with Crippen molar-refractivity contribution >= 4 is 50.8 Å². The van der Waals surface area contributed by atoms with Gasteiger partial charge in [0.05, 0.1) is 28.3 Å². The third kappa shape index (κ3) is 6.05. The van der Waals surface area contributed by atoms with Crippen LogP contribution in [0.15, 0.2) is 35.1 Å². The number of aromatic amines is 1. The summed E-state index contributed by atoms with van der Waals surface area (Å²) in [5.41, 5.74) is 2.50. The molecule has 3 rings (SSSR count). The fourth-order valence-corrected chi connectivity index (χ4v) is 5.18. The number of imidazole rings is 1. The second-order valence-electron chi connectivity index (χ2n) is 7.27. The number of anilines is 1. The van der Waals surface area contributed by atoms with E-state index in [1.165, 1.54) is 23.1 Å². The quantitative estimate of drug-likeness (QED) is 0.452. The Hall–Kier alpha value is -2.43. The molecule has 2 N–H and O–H groups in total. The number of nitrogens with zero attached hydrogens (tertiary/aromatic N) is 4. The molecule has 1 unspecified atom stereocenters. The Bertz CT molecular complexity index is 1010. The van der Waals surface area contributed by atoms with Crippen molar-refractivity contribution in [2.75, 3.05) is 38.3 Å². The summed E-state index contributed by atoms with van der Waals surface area (Å²) < 4.78 is 1.83. The van der Waals surface area contributed by atoms with Crippen LogP contribution in [0.5, 0.6) is 0 Å². The monoisotopic (exact) mass is 460 g/mol. The van der Waals surface area contributed by atoms with E-state index < -0.39 is 0 Å². The molecule has 0 bridgehead atoms. The molecule has 0 saturated carbocycles. The van der Waals surface area contributed by atoms with Crippen molar-refractivity contribution < 1.29 is 9.59 Å². The number of amides is 2. The van der Waals surface area contributed by atoms with E-state index in [2.05, 4.69) is 20.3 Å². The van der Waals surface area contributed by atoms with Crippen molar-refractivity contribution in [3.63, 3.8) is 0 Å². The fourth-order valence-electron chi connectivity index (χ4n) is 3.17. The second-order valence-corrected chi connectivity index (χ2v) is 9.52. The number of hydrogen-bond donors (Lipinski definition) is 2. The van der Waals surface area contributed by atoms with Gasteiger partial charge in [-0.25, -0.2) is 9.97 Å². The number of carbonyl (C=O) groups excluding carboxylic acids is 2. The summed E-state index contributed by atoms with van der Waals surface area (Å²) in [6.45, 7) is 5.39. The Morgan fingerprint density at radius 3 is 2.68 bits per heavy atom. The molecule has 0 saturated heterocycles. The molecule has 31 heavy (non-hydrogen) atoms. The summed E-state index contributed by atoms with van der Waals surface area (Å²) >= 11 is 2.99. The lowest BCUT2D eigenvalue weighted by molar-refractivity contribution is -0.128. The number of thioether (sulfide) groups is 1. The molecule has 166 valence electrons.